The average molecular weight is 434 g/mol. The Morgan fingerprint density at radius 1 is 0.933 bits per heavy atom. The lowest BCUT2D eigenvalue weighted by Gasteiger charge is -2.10. The summed E-state index contributed by atoms with van der Waals surface area (Å²) in [6, 6.07) is 12.4. The monoisotopic (exact) mass is 433 g/mol. The number of methoxy groups -OCH3 is 1. The molecule has 0 saturated heterocycles. The van der Waals surface area contributed by atoms with Gasteiger partial charge in [0, 0.05) is 43.1 Å². The summed E-state index contributed by atoms with van der Waals surface area (Å²) in [4.78, 5) is 24.2. The smallest absolute Gasteiger partial charge is 0.255 e. The van der Waals surface area contributed by atoms with Gasteiger partial charge in [0.25, 0.3) is 5.91 Å². The van der Waals surface area contributed by atoms with Crippen LogP contribution in [0.4, 0.5) is 11.4 Å². The molecule has 2 aromatic carbocycles. The topological polar surface area (TPSA) is 114 Å². The minimum absolute atomic E-state index is 0.101. The van der Waals surface area contributed by atoms with E-state index in [2.05, 4.69) is 15.4 Å². The first-order chi connectivity index (χ1) is 14.2. The number of carbonyl (C=O) groups excluding carboxylic acids is 2. The van der Waals surface area contributed by atoms with Crippen LogP contribution in [0.15, 0.2) is 53.4 Å². The third-order valence-corrected chi connectivity index (χ3v) is 5.66. The molecule has 0 aliphatic heterocycles. The van der Waals surface area contributed by atoms with E-state index in [-0.39, 0.29) is 29.2 Å². The molecule has 162 valence electrons. The quantitative estimate of drug-likeness (QED) is 0.499. The Bertz CT molecular complexity index is 955. The van der Waals surface area contributed by atoms with Crippen molar-refractivity contribution in [3.63, 3.8) is 0 Å². The Morgan fingerprint density at radius 2 is 1.50 bits per heavy atom. The molecule has 0 saturated carbocycles. The third-order valence-electron chi connectivity index (χ3n) is 4.18. The summed E-state index contributed by atoms with van der Waals surface area (Å²) < 4.78 is 31.9. The Balaban J connectivity index is 1.96. The van der Waals surface area contributed by atoms with Crippen molar-refractivity contribution in [1.29, 1.82) is 0 Å². The summed E-state index contributed by atoms with van der Waals surface area (Å²) in [5.74, 6) is -0.583. The molecule has 3 N–H and O–H groups in total. The number of hydrogen-bond donors (Lipinski definition) is 3. The van der Waals surface area contributed by atoms with Gasteiger partial charge in [0.05, 0.1) is 4.90 Å². The lowest BCUT2D eigenvalue weighted by Crippen LogP contribution is -2.25. The molecule has 0 aliphatic rings. The van der Waals surface area contributed by atoms with Gasteiger partial charge in [-0.1, -0.05) is 13.8 Å². The van der Waals surface area contributed by atoms with Gasteiger partial charge in [-0.2, -0.15) is 0 Å². The number of amides is 2. The van der Waals surface area contributed by atoms with Crippen LogP contribution in [0.2, 0.25) is 0 Å². The van der Waals surface area contributed by atoms with E-state index in [1.807, 2.05) is 0 Å². The molecule has 0 aliphatic carbocycles. The molecule has 2 amide bonds. The molecule has 8 nitrogen and oxygen atoms in total. The number of benzene rings is 2. The lowest BCUT2D eigenvalue weighted by molar-refractivity contribution is -0.118. The summed E-state index contributed by atoms with van der Waals surface area (Å²) in [5.41, 5.74) is 1.49. The molecule has 0 bridgehead atoms. The van der Waals surface area contributed by atoms with Crippen molar-refractivity contribution >= 4 is 33.2 Å². The van der Waals surface area contributed by atoms with Crippen LogP contribution in [-0.4, -0.2) is 40.5 Å². The number of anilines is 2. The van der Waals surface area contributed by atoms with E-state index in [4.69, 9.17) is 4.74 Å². The predicted octanol–water partition coefficient (Wildman–Crippen LogP) is 2.85. The Kier molecular flexibility index (Phi) is 8.52. The van der Waals surface area contributed by atoms with Gasteiger partial charge in [0.15, 0.2) is 0 Å². The zero-order valence-corrected chi connectivity index (χ0v) is 18.1. The maximum atomic E-state index is 12.4. The maximum absolute atomic E-state index is 12.4. The van der Waals surface area contributed by atoms with Gasteiger partial charge in [0.2, 0.25) is 15.9 Å². The molecule has 0 aromatic heterocycles. The molecular formula is C21H27N3O5S. The maximum Gasteiger partial charge on any atom is 0.255 e. The van der Waals surface area contributed by atoms with Crippen molar-refractivity contribution in [3.8, 4) is 0 Å². The van der Waals surface area contributed by atoms with Crippen LogP contribution in [0.25, 0.3) is 0 Å². The molecular weight excluding hydrogens is 406 g/mol. The molecule has 2 aromatic rings. The number of nitrogens with one attached hydrogen (secondary N) is 3. The number of hydrogen-bond acceptors (Lipinski definition) is 5. The van der Waals surface area contributed by atoms with E-state index in [0.29, 0.717) is 30.0 Å². The fraction of sp³-hybridized carbons (Fsp3) is 0.333. The van der Waals surface area contributed by atoms with Crippen molar-refractivity contribution in [2.45, 2.75) is 25.2 Å². The molecule has 0 fully saturated rings. The van der Waals surface area contributed by atoms with Crippen molar-refractivity contribution in [3.05, 3.63) is 54.1 Å². The van der Waals surface area contributed by atoms with E-state index in [1.165, 1.54) is 24.3 Å². The number of rotatable bonds is 10. The molecule has 0 atom stereocenters. The van der Waals surface area contributed by atoms with Gasteiger partial charge in [-0.15, -0.1) is 0 Å². The fourth-order valence-electron chi connectivity index (χ4n) is 2.42. The zero-order chi connectivity index (χ0) is 22.1. The summed E-state index contributed by atoms with van der Waals surface area (Å²) in [5, 5.41) is 5.48. The Morgan fingerprint density at radius 3 is 2.07 bits per heavy atom. The predicted molar refractivity (Wildman–Crippen MR) is 116 cm³/mol. The SMILES string of the molecule is COCCCNS(=O)(=O)c1ccc(NC(=O)c2ccc(NC(=O)C(C)C)cc2)cc1. The Hall–Kier alpha value is -2.75. The fourth-order valence-corrected chi connectivity index (χ4v) is 3.49. The van der Waals surface area contributed by atoms with E-state index >= 15 is 0 Å². The van der Waals surface area contributed by atoms with Crippen LogP contribution in [0.1, 0.15) is 30.6 Å². The van der Waals surface area contributed by atoms with E-state index in [9.17, 15) is 18.0 Å². The van der Waals surface area contributed by atoms with Gasteiger partial charge in [-0.05, 0) is 55.0 Å². The highest BCUT2D eigenvalue weighted by atomic mass is 32.2. The summed E-state index contributed by atoms with van der Waals surface area (Å²) in [6.45, 7) is 4.34. The largest absolute Gasteiger partial charge is 0.385 e. The van der Waals surface area contributed by atoms with E-state index < -0.39 is 10.0 Å². The molecule has 0 unspecified atom stereocenters. The lowest BCUT2D eigenvalue weighted by atomic mass is 10.1. The standard InChI is InChI=1S/C21H27N3O5S/c1-15(2)20(25)23-17-7-5-16(6-8-17)21(26)24-18-9-11-19(12-10-18)30(27,28)22-13-4-14-29-3/h5-12,15,22H,4,13-14H2,1-3H3,(H,23,25)(H,24,26). The normalized spacial score (nSPS) is 11.3. The summed E-state index contributed by atoms with van der Waals surface area (Å²) in [6.07, 6.45) is 0.573. The van der Waals surface area contributed by atoms with Gasteiger partial charge < -0.3 is 15.4 Å². The first kappa shape index (κ1) is 23.5. The first-order valence-corrected chi connectivity index (χ1v) is 11.0. The van der Waals surface area contributed by atoms with Gasteiger partial charge >= 0.3 is 0 Å². The number of sulfonamides is 1. The van der Waals surface area contributed by atoms with Crippen LogP contribution in [0.3, 0.4) is 0 Å². The molecule has 9 heteroatoms. The highest BCUT2D eigenvalue weighted by Gasteiger charge is 2.14. The van der Waals surface area contributed by atoms with Crippen molar-refractivity contribution < 1.29 is 22.7 Å². The van der Waals surface area contributed by atoms with Crippen LogP contribution < -0.4 is 15.4 Å². The van der Waals surface area contributed by atoms with Gasteiger partial charge in [-0.3, -0.25) is 9.59 Å². The molecule has 2 rings (SSSR count). The highest BCUT2D eigenvalue weighted by Crippen LogP contribution is 2.16. The zero-order valence-electron chi connectivity index (χ0n) is 17.3. The summed E-state index contributed by atoms with van der Waals surface area (Å²) in [7, 11) is -2.06. The van der Waals surface area contributed by atoms with Crippen LogP contribution >= 0.6 is 0 Å². The second-order valence-electron chi connectivity index (χ2n) is 6.94. The van der Waals surface area contributed by atoms with Crippen LogP contribution in [-0.2, 0) is 19.6 Å². The van der Waals surface area contributed by atoms with Crippen molar-refractivity contribution in [2.24, 2.45) is 5.92 Å². The van der Waals surface area contributed by atoms with Crippen LogP contribution in [0.5, 0.6) is 0 Å². The van der Waals surface area contributed by atoms with Crippen molar-refractivity contribution in [1.82, 2.24) is 4.72 Å². The van der Waals surface area contributed by atoms with Gasteiger partial charge in [0.1, 0.15) is 0 Å². The second kappa shape index (κ2) is 10.9. The second-order valence-corrected chi connectivity index (χ2v) is 8.71. The molecule has 30 heavy (non-hydrogen) atoms. The van der Waals surface area contributed by atoms with Crippen molar-refractivity contribution in [2.75, 3.05) is 30.9 Å². The minimum Gasteiger partial charge on any atom is -0.385 e. The van der Waals surface area contributed by atoms with Gasteiger partial charge in [-0.25, -0.2) is 13.1 Å². The number of carbonyl (C=O) groups is 2. The third kappa shape index (κ3) is 6.94. The van der Waals surface area contributed by atoms with Crippen LogP contribution in [0, 0.1) is 5.92 Å². The van der Waals surface area contributed by atoms with E-state index in [0.717, 1.165) is 0 Å². The first-order valence-electron chi connectivity index (χ1n) is 9.54. The summed E-state index contributed by atoms with van der Waals surface area (Å²) >= 11 is 0. The Labute approximate surface area is 177 Å². The molecule has 0 heterocycles. The number of ether oxygens (including phenoxy) is 1. The molecule has 0 radical (unpaired) electrons. The molecule has 0 spiro atoms. The van der Waals surface area contributed by atoms with E-state index in [1.54, 1.807) is 45.2 Å². The highest BCUT2D eigenvalue weighted by molar-refractivity contribution is 7.89. The average Bonchev–Trinajstić information content (AvgIpc) is 2.72. The minimum atomic E-state index is -3.61.